The van der Waals surface area contributed by atoms with Crippen LogP contribution in [0, 0.1) is 0 Å². The summed E-state index contributed by atoms with van der Waals surface area (Å²) in [6, 6.07) is 13.8. The van der Waals surface area contributed by atoms with E-state index in [4.69, 9.17) is 4.74 Å². The van der Waals surface area contributed by atoms with Gasteiger partial charge in [0.05, 0.1) is 30.4 Å². The summed E-state index contributed by atoms with van der Waals surface area (Å²) >= 11 is 0. The van der Waals surface area contributed by atoms with Crippen LogP contribution in [0.15, 0.2) is 64.4 Å². The lowest BCUT2D eigenvalue weighted by Crippen LogP contribution is -2.49. The van der Waals surface area contributed by atoms with Crippen LogP contribution in [0.25, 0.3) is 10.9 Å². The number of ether oxygens (including phenoxy) is 1. The van der Waals surface area contributed by atoms with Gasteiger partial charge in [0, 0.05) is 31.6 Å². The minimum absolute atomic E-state index is 0.104. The largest absolute Gasteiger partial charge is 0.497 e. The fourth-order valence-corrected chi connectivity index (χ4v) is 4.89. The monoisotopic (exact) mass is 414 g/mol. The molecule has 1 aliphatic heterocycles. The van der Waals surface area contributed by atoms with Gasteiger partial charge in [-0.15, -0.1) is 0 Å². The van der Waals surface area contributed by atoms with Crippen LogP contribution < -0.4 is 10.2 Å². The number of para-hydroxylation sites is 1. The topological polar surface area (TPSA) is 84.7 Å². The maximum Gasteiger partial charge on any atom is 0.243 e. The highest BCUT2D eigenvalue weighted by atomic mass is 32.2. The Balaban J connectivity index is 1.46. The highest BCUT2D eigenvalue weighted by Crippen LogP contribution is 2.21. The molecule has 2 aromatic carbocycles. The van der Waals surface area contributed by atoms with Crippen LogP contribution in [0.3, 0.4) is 0 Å². The molecule has 29 heavy (non-hydrogen) atoms. The first-order chi connectivity index (χ1) is 14.0. The second kappa shape index (κ2) is 7.94. The van der Waals surface area contributed by atoms with E-state index in [1.165, 1.54) is 10.5 Å². The van der Waals surface area contributed by atoms with Crippen molar-refractivity contribution in [1.82, 2.24) is 19.0 Å². The molecule has 0 amide bonds. The van der Waals surface area contributed by atoms with Crippen LogP contribution in [-0.4, -0.2) is 60.7 Å². The summed E-state index contributed by atoms with van der Waals surface area (Å²) in [4.78, 5) is 14.4. The quantitative estimate of drug-likeness (QED) is 0.627. The van der Waals surface area contributed by atoms with Crippen molar-refractivity contribution >= 4 is 20.9 Å². The Bertz CT molecular complexity index is 1170. The smallest absolute Gasteiger partial charge is 0.243 e. The number of hydrogen-bond donors (Lipinski definition) is 0. The van der Waals surface area contributed by atoms with Gasteiger partial charge < -0.3 is 4.74 Å². The molecule has 0 spiro atoms. The van der Waals surface area contributed by atoms with Gasteiger partial charge in [-0.05, 0) is 36.4 Å². The number of aromatic nitrogens is 2. The molecule has 0 atom stereocenters. The predicted octanol–water partition coefficient (Wildman–Crippen LogP) is 1.37. The molecule has 0 N–H and O–H groups in total. The maximum absolute atomic E-state index is 12.9. The SMILES string of the molecule is COc1ccc(S(=O)(=O)N2CCN(Cn3ncc(=O)c4ccccc43)CC2)cc1. The van der Waals surface area contributed by atoms with Gasteiger partial charge in [-0.2, -0.15) is 9.40 Å². The third-order valence-electron chi connectivity index (χ3n) is 5.12. The first kappa shape index (κ1) is 19.6. The molecule has 0 radical (unpaired) electrons. The first-order valence-corrected chi connectivity index (χ1v) is 10.7. The van der Waals surface area contributed by atoms with Gasteiger partial charge in [0.25, 0.3) is 0 Å². The van der Waals surface area contributed by atoms with Crippen molar-refractivity contribution in [2.75, 3.05) is 33.3 Å². The van der Waals surface area contributed by atoms with E-state index >= 15 is 0 Å². The summed E-state index contributed by atoms with van der Waals surface area (Å²) < 4.78 is 34.1. The number of benzene rings is 2. The maximum atomic E-state index is 12.9. The Hall–Kier alpha value is -2.75. The molecule has 8 nitrogen and oxygen atoms in total. The Morgan fingerprint density at radius 3 is 2.38 bits per heavy atom. The van der Waals surface area contributed by atoms with Gasteiger partial charge in [-0.3, -0.25) is 14.4 Å². The van der Waals surface area contributed by atoms with E-state index < -0.39 is 10.0 Å². The van der Waals surface area contributed by atoms with Gasteiger partial charge in [-0.25, -0.2) is 8.42 Å². The minimum atomic E-state index is -3.54. The third kappa shape index (κ3) is 3.89. The Kier molecular flexibility index (Phi) is 5.35. The van der Waals surface area contributed by atoms with E-state index in [0.29, 0.717) is 44.0 Å². The minimum Gasteiger partial charge on any atom is -0.497 e. The molecule has 9 heteroatoms. The second-order valence-corrected chi connectivity index (χ2v) is 8.80. The van der Waals surface area contributed by atoms with Crippen molar-refractivity contribution in [2.24, 2.45) is 0 Å². The summed E-state index contributed by atoms with van der Waals surface area (Å²) in [5.41, 5.74) is 0.667. The molecule has 0 bridgehead atoms. The van der Waals surface area contributed by atoms with Crippen molar-refractivity contribution in [3.8, 4) is 5.75 Å². The average molecular weight is 414 g/mol. The Labute approximate surface area is 169 Å². The highest BCUT2D eigenvalue weighted by Gasteiger charge is 2.28. The van der Waals surface area contributed by atoms with Gasteiger partial charge in [0.15, 0.2) is 0 Å². The van der Waals surface area contributed by atoms with Crippen molar-refractivity contribution in [3.63, 3.8) is 0 Å². The molecule has 1 aliphatic rings. The van der Waals surface area contributed by atoms with Crippen LogP contribution in [-0.2, 0) is 16.7 Å². The second-order valence-electron chi connectivity index (χ2n) is 6.86. The van der Waals surface area contributed by atoms with E-state index in [1.807, 2.05) is 18.2 Å². The summed E-state index contributed by atoms with van der Waals surface area (Å²) in [5, 5.41) is 4.88. The van der Waals surface area contributed by atoms with E-state index in [1.54, 1.807) is 42.1 Å². The molecular formula is C20H22N4O4S. The summed E-state index contributed by atoms with van der Waals surface area (Å²) in [6.07, 6.45) is 1.33. The van der Waals surface area contributed by atoms with Crippen LogP contribution in [0.5, 0.6) is 5.75 Å². The van der Waals surface area contributed by atoms with Crippen LogP contribution in [0.2, 0.25) is 0 Å². The Morgan fingerprint density at radius 2 is 1.69 bits per heavy atom. The van der Waals surface area contributed by atoms with Crippen molar-refractivity contribution in [1.29, 1.82) is 0 Å². The van der Waals surface area contributed by atoms with E-state index in [0.717, 1.165) is 5.52 Å². The summed E-state index contributed by atoms with van der Waals surface area (Å²) in [5.74, 6) is 0.620. The molecule has 0 aliphatic carbocycles. The van der Waals surface area contributed by atoms with E-state index in [2.05, 4.69) is 10.00 Å². The number of fused-ring (bicyclic) bond motifs is 1. The van der Waals surface area contributed by atoms with Gasteiger partial charge >= 0.3 is 0 Å². The van der Waals surface area contributed by atoms with Crippen LogP contribution in [0.4, 0.5) is 0 Å². The van der Waals surface area contributed by atoms with Gasteiger partial charge in [0.2, 0.25) is 15.5 Å². The number of piperazine rings is 1. The summed E-state index contributed by atoms with van der Waals surface area (Å²) in [6.45, 7) is 2.45. The standard InChI is InChI=1S/C20H22N4O4S/c1-28-16-6-8-17(9-7-16)29(26,27)23-12-10-22(11-13-23)15-24-19-5-3-2-4-18(19)20(25)14-21-24/h2-9,14H,10-13,15H2,1H3. The van der Waals surface area contributed by atoms with Crippen molar-refractivity contribution in [2.45, 2.75) is 11.6 Å². The van der Waals surface area contributed by atoms with E-state index in [-0.39, 0.29) is 10.3 Å². The molecule has 1 aromatic heterocycles. The van der Waals surface area contributed by atoms with Crippen molar-refractivity contribution < 1.29 is 13.2 Å². The number of sulfonamides is 1. The summed E-state index contributed by atoms with van der Waals surface area (Å²) in [7, 11) is -1.99. The highest BCUT2D eigenvalue weighted by molar-refractivity contribution is 7.89. The first-order valence-electron chi connectivity index (χ1n) is 9.30. The number of hydrogen-bond acceptors (Lipinski definition) is 6. The zero-order valence-electron chi connectivity index (χ0n) is 16.1. The van der Waals surface area contributed by atoms with E-state index in [9.17, 15) is 13.2 Å². The predicted molar refractivity (Wildman–Crippen MR) is 109 cm³/mol. The molecular weight excluding hydrogens is 392 g/mol. The Morgan fingerprint density at radius 1 is 1.00 bits per heavy atom. The van der Waals surface area contributed by atoms with Gasteiger partial charge in [0.1, 0.15) is 5.75 Å². The zero-order valence-corrected chi connectivity index (χ0v) is 16.9. The zero-order chi connectivity index (χ0) is 20.4. The molecule has 0 saturated carbocycles. The molecule has 3 aromatic rings. The lowest BCUT2D eigenvalue weighted by molar-refractivity contribution is 0.147. The normalized spacial score (nSPS) is 16.2. The molecule has 1 saturated heterocycles. The lowest BCUT2D eigenvalue weighted by Gasteiger charge is -2.34. The molecule has 0 unspecified atom stereocenters. The average Bonchev–Trinajstić information content (AvgIpc) is 2.76. The number of rotatable bonds is 5. The fraction of sp³-hybridized carbons (Fsp3) is 0.300. The molecule has 152 valence electrons. The van der Waals surface area contributed by atoms with Crippen molar-refractivity contribution in [3.05, 3.63) is 65.0 Å². The van der Waals surface area contributed by atoms with Crippen LogP contribution in [0.1, 0.15) is 0 Å². The van der Waals surface area contributed by atoms with Crippen LogP contribution >= 0.6 is 0 Å². The lowest BCUT2D eigenvalue weighted by atomic mass is 10.2. The third-order valence-corrected chi connectivity index (χ3v) is 7.04. The van der Waals surface area contributed by atoms with Gasteiger partial charge in [-0.1, -0.05) is 12.1 Å². The molecule has 2 heterocycles. The number of nitrogens with zero attached hydrogens (tertiary/aromatic N) is 4. The number of methoxy groups -OCH3 is 1. The fourth-order valence-electron chi connectivity index (χ4n) is 3.47. The molecule has 4 rings (SSSR count). The molecule has 1 fully saturated rings.